The summed E-state index contributed by atoms with van der Waals surface area (Å²) >= 11 is 12.5. The van der Waals surface area contributed by atoms with Gasteiger partial charge in [-0.25, -0.2) is 4.98 Å². The van der Waals surface area contributed by atoms with Crippen LogP contribution in [-0.4, -0.2) is 21.6 Å². The maximum Gasteiger partial charge on any atom is 0.146 e. The monoisotopic (exact) mass is 453 g/mol. The van der Waals surface area contributed by atoms with Gasteiger partial charge in [0.15, 0.2) is 0 Å². The largest absolute Gasteiger partial charge is 0.495 e. The molecule has 3 heterocycles. The number of ether oxygens (including phenoxy) is 2. The van der Waals surface area contributed by atoms with Gasteiger partial charge in [-0.2, -0.15) is 0 Å². The molecule has 4 aromatic rings. The summed E-state index contributed by atoms with van der Waals surface area (Å²) < 4.78 is 13.5. The predicted octanol–water partition coefficient (Wildman–Crippen LogP) is 6.45. The van der Waals surface area contributed by atoms with E-state index in [2.05, 4.69) is 28.3 Å². The van der Waals surface area contributed by atoms with Gasteiger partial charge in [0, 0.05) is 47.3 Å². The number of rotatable bonds is 6. The summed E-state index contributed by atoms with van der Waals surface area (Å²) in [4.78, 5) is 8.74. The molecule has 1 aromatic carbocycles. The van der Waals surface area contributed by atoms with Gasteiger partial charge in [-0.15, -0.1) is 0 Å². The molecule has 158 valence electrons. The van der Waals surface area contributed by atoms with Gasteiger partial charge in [-0.1, -0.05) is 41.9 Å². The standard InChI is InChI=1S/C24H21Cl2N3O2/c1-14-10-17(22-9-8-21(29(22)3)15(2)30-4)16-6-5-7-23(24(16)28-14)31-13-18-19(25)11-27-12-20(18)26/h5-12H,2,13H2,1,3-4H3. The Morgan fingerprint density at radius 3 is 2.58 bits per heavy atom. The minimum atomic E-state index is 0.215. The SMILES string of the molecule is C=C(OC)c1ccc(-c2cc(C)nc3c(OCc4c(Cl)cncc4Cl)cccc23)n1C. The highest BCUT2D eigenvalue weighted by atomic mass is 35.5. The van der Waals surface area contributed by atoms with E-state index in [4.69, 9.17) is 37.7 Å². The maximum absolute atomic E-state index is 6.24. The molecule has 31 heavy (non-hydrogen) atoms. The second-order valence-corrected chi connectivity index (χ2v) is 7.94. The summed E-state index contributed by atoms with van der Waals surface area (Å²) in [6, 6.07) is 12.0. The van der Waals surface area contributed by atoms with E-state index in [9.17, 15) is 0 Å². The lowest BCUT2D eigenvalue weighted by atomic mass is 10.0. The van der Waals surface area contributed by atoms with E-state index in [1.807, 2.05) is 38.2 Å². The molecule has 0 unspecified atom stereocenters. The smallest absolute Gasteiger partial charge is 0.146 e. The van der Waals surface area contributed by atoms with Gasteiger partial charge in [0.05, 0.1) is 22.8 Å². The van der Waals surface area contributed by atoms with E-state index < -0.39 is 0 Å². The van der Waals surface area contributed by atoms with Crippen LogP contribution in [0.4, 0.5) is 0 Å². The summed E-state index contributed by atoms with van der Waals surface area (Å²) in [6.45, 7) is 6.15. The first-order valence-electron chi connectivity index (χ1n) is 9.61. The quantitative estimate of drug-likeness (QED) is 0.315. The number of methoxy groups -OCH3 is 1. The van der Waals surface area contributed by atoms with Crippen LogP contribution in [0.3, 0.4) is 0 Å². The second kappa shape index (κ2) is 8.61. The molecule has 0 N–H and O–H groups in total. The average molecular weight is 454 g/mol. The molecule has 0 aliphatic heterocycles. The number of fused-ring (bicyclic) bond motifs is 1. The Morgan fingerprint density at radius 2 is 1.87 bits per heavy atom. The lowest BCUT2D eigenvalue weighted by Crippen LogP contribution is -2.01. The second-order valence-electron chi connectivity index (χ2n) is 7.12. The highest BCUT2D eigenvalue weighted by molar-refractivity contribution is 6.35. The van der Waals surface area contributed by atoms with Gasteiger partial charge in [0.25, 0.3) is 0 Å². The zero-order chi connectivity index (χ0) is 22.1. The molecule has 5 nitrogen and oxygen atoms in total. The molecular formula is C24H21Cl2N3O2. The van der Waals surface area contributed by atoms with Crippen molar-refractivity contribution in [2.75, 3.05) is 7.11 Å². The molecule has 3 aromatic heterocycles. The number of aromatic nitrogens is 3. The van der Waals surface area contributed by atoms with Crippen LogP contribution in [0.15, 0.2) is 55.4 Å². The molecule has 0 fully saturated rings. The molecule has 0 bridgehead atoms. The van der Waals surface area contributed by atoms with Crippen LogP contribution >= 0.6 is 23.2 Å². The van der Waals surface area contributed by atoms with Gasteiger partial charge in [0.2, 0.25) is 0 Å². The predicted molar refractivity (Wildman–Crippen MR) is 126 cm³/mol. The molecule has 0 amide bonds. The first kappa shape index (κ1) is 21.2. The van der Waals surface area contributed by atoms with Crippen molar-refractivity contribution in [3.8, 4) is 17.0 Å². The third-order valence-electron chi connectivity index (χ3n) is 5.18. The Balaban J connectivity index is 1.79. The van der Waals surface area contributed by atoms with Crippen LogP contribution in [0.1, 0.15) is 17.0 Å². The molecule has 0 saturated carbocycles. The van der Waals surface area contributed by atoms with Crippen molar-refractivity contribution >= 4 is 39.9 Å². The summed E-state index contributed by atoms with van der Waals surface area (Å²) in [5, 5.41) is 1.91. The topological polar surface area (TPSA) is 49.2 Å². The fourth-order valence-electron chi connectivity index (χ4n) is 3.57. The minimum Gasteiger partial charge on any atom is -0.495 e. The Bertz CT molecular complexity index is 1280. The van der Waals surface area contributed by atoms with Crippen molar-refractivity contribution in [2.45, 2.75) is 13.5 Å². The first-order chi connectivity index (χ1) is 14.9. The van der Waals surface area contributed by atoms with Gasteiger partial charge in [-0.05, 0) is 31.2 Å². The number of aryl methyl sites for hydroxylation is 1. The zero-order valence-electron chi connectivity index (χ0n) is 17.4. The lowest BCUT2D eigenvalue weighted by molar-refractivity contribution is 0.309. The molecule has 0 aliphatic carbocycles. The van der Waals surface area contributed by atoms with Gasteiger partial charge < -0.3 is 14.0 Å². The van der Waals surface area contributed by atoms with Crippen LogP contribution in [0.5, 0.6) is 5.75 Å². The number of benzene rings is 1. The van der Waals surface area contributed by atoms with Gasteiger partial charge in [-0.3, -0.25) is 4.98 Å². The van der Waals surface area contributed by atoms with Crippen molar-refractivity contribution in [2.24, 2.45) is 7.05 Å². The van der Waals surface area contributed by atoms with E-state index in [-0.39, 0.29) is 6.61 Å². The summed E-state index contributed by atoms with van der Waals surface area (Å²) in [7, 11) is 3.61. The summed E-state index contributed by atoms with van der Waals surface area (Å²) in [5.74, 6) is 1.26. The van der Waals surface area contributed by atoms with E-state index in [0.29, 0.717) is 27.1 Å². The van der Waals surface area contributed by atoms with Crippen LogP contribution < -0.4 is 4.74 Å². The van der Waals surface area contributed by atoms with E-state index in [1.54, 1.807) is 19.5 Å². The van der Waals surface area contributed by atoms with E-state index in [1.165, 1.54) is 0 Å². The van der Waals surface area contributed by atoms with Crippen molar-refractivity contribution in [1.82, 2.24) is 14.5 Å². The number of hydrogen-bond donors (Lipinski definition) is 0. The summed E-state index contributed by atoms with van der Waals surface area (Å²) in [5.41, 5.74) is 5.33. The maximum atomic E-state index is 6.24. The molecule has 4 rings (SSSR count). The zero-order valence-corrected chi connectivity index (χ0v) is 19.0. The third-order valence-corrected chi connectivity index (χ3v) is 5.84. The number of pyridine rings is 2. The number of nitrogens with zero attached hydrogens (tertiary/aromatic N) is 3. The number of halogens is 2. The van der Waals surface area contributed by atoms with Crippen LogP contribution in [0.2, 0.25) is 10.0 Å². The minimum absolute atomic E-state index is 0.215. The fourth-order valence-corrected chi connectivity index (χ4v) is 4.04. The Labute approximate surface area is 190 Å². The number of hydrogen-bond acceptors (Lipinski definition) is 4. The highest BCUT2D eigenvalue weighted by Gasteiger charge is 2.16. The Morgan fingerprint density at radius 1 is 1.13 bits per heavy atom. The Hall–Kier alpha value is -3.02. The normalized spacial score (nSPS) is 11.0. The molecular weight excluding hydrogens is 433 g/mol. The van der Waals surface area contributed by atoms with Crippen LogP contribution in [-0.2, 0) is 18.4 Å². The van der Waals surface area contributed by atoms with Crippen LogP contribution in [0.25, 0.3) is 27.9 Å². The lowest BCUT2D eigenvalue weighted by Gasteiger charge is -2.15. The van der Waals surface area contributed by atoms with Gasteiger partial charge >= 0.3 is 0 Å². The molecule has 0 saturated heterocycles. The van der Waals surface area contributed by atoms with Crippen molar-refractivity contribution < 1.29 is 9.47 Å². The molecule has 0 spiro atoms. The molecule has 0 radical (unpaired) electrons. The number of para-hydroxylation sites is 1. The summed E-state index contributed by atoms with van der Waals surface area (Å²) in [6.07, 6.45) is 3.10. The first-order valence-corrected chi connectivity index (χ1v) is 10.4. The molecule has 0 aliphatic rings. The van der Waals surface area contributed by atoms with Crippen molar-refractivity contribution in [1.29, 1.82) is 0 Å². The van der Waals surface area contributed by atoms with E-state index in [0.717, 1.165) is 33.5 Å². The van der Waals surface area contributed by atoms with Gasteiger partial charge in [0.1, 0.15) is 23.6 Å². The fraction of sp³-hybridized carbons (Fsp3) is 0.167. The van der Waals surface area contributed by atoms with Crippen molar-refractivity contribution in [3.05, 3.63) is 82.4 Å². The molecule has 0 atom stereocenters. The Kier molecular flexibility index (Phi) is 5.90. The van der Waals surface area contributed by atoms with Crippen LogP contribution in [0, 0.1) is 6.92 Å². The van der Waals surface area contributed by atoms with Crippen molar-refractivity contribution in [3.63, 3.8) is 0 Å². The molecule has 7 heteroatoms. The average Bonchev–Trinajstić information content (AvgIpc) is 3.13. The van der Waals surface area contributed by atoms with E-state index >= 15 is 0 Å². The highest BCUT2D eigenvalue weighted by Crippen LogP contribution is 2.35. The third kappa shape index (κ3) is 3.99.